The predicted octanol–water partition coefficient (Wildman–Crippen LogP) is 1.51. The van der Waals surface area contributed by atoms with E-state index in [2.05, 4.69) is 9.72 Å². The van der Waals surface area contributed by atoms with E-state index in [1.807, 2.05) is 0 Å². The molecule has 1 heterocycles. The maximum atomic E-state index is 11.5. The molecule has 2 rings (SSSR count). The van der Waals surface area contributed by atoms with Crippen LogP contribution in [0.15, 0.2) is 30.5 Å². The number of aromatic nitrogens is 1. The van der Waals surface area contributed by atoms with Crippen molar-refractivity contribution in [2.45, 2.75) is 6.61 Å². The van der Waals surface area contributed by atoms with Crippen LogP contribution in [-0.4, -0.2) is 23.2 Å². The third-order valence-electron chi connectivity index (χ3n) is 2.39. The van der Waals surface area contributed by atoms with Crippen molar-refractivity contribution in [3.05, 3.63) is 41.6 Å². The predicted molar refractivity (Wildman–Crippen MR) is 59.0 cm³/mol. The van der Waals surface area contributed by atoms with Gasteiger partial charge in [-0.25, -0.2) is 4.79 Å². The first kappa shape index (κ1) is 10.6. The second-order valence-corrected chi connectivity index (χ2v) is 3.36. The van der Waals surface area contributed by atoms with Crippen LogP contribution >= 0.6 is 0 Å². The van der Waals surface area contributed by atoms with Crippen LogP contribution in [0.4, 0.5) is 0 Å². The van der Waals surface area contributed by atoms with E-state index in [-0.39, 0.29) is 6.61 Å². The van der Waals surface area contributed by atoms with Gasteiger partial charge in [0.2, 0.25) is 0 Å². The number of hydrogen-bond donors (Lipinski definition) is 1. The van der Waals surface area contributed by atoms with Crippen molar-refractivity contribution in [2.24, 2.45) is 0 Å². The molecule has 4 nitrogen and oxygen atoms in total. The van der Waals surface area contributed by atoms with E-state index < -0.39 is 5.97 Å². The number of esters is 1. The zero-order chi connectivity index (χ0) is 11.5. The molecule has 0 radical (unpaired) electrons. The number of pyridine rings is 1. The number of rotatable bonds is 2. The Kier molecular flexibility index (Phi) is 2.83. The summed E-state index contributed by atoms with van der Waals surface area (Å²) >= 11 is 0. The molecule has 0 aliphatic carbocycles. The van der Waals surface area contributed by atoms with E-state index >= 15 is 0 Å². The average molecular weight is 217 g/mol. The number of carbonyl (C=O) groups is 1. The third-order valence-corrected chi connectivity index (χ3v) is 2.39. The summed E-state index contributed by atoms with van der Waals surface area (Å²) in [7, 11) is 1.34. The molecule has 1 aromatic carbocycles. The van der Waals surface area contributed by atoms with Crippen LogP contribution in [0.3, 0.4) is 0 Å². The Morgan fingerprint density at radius 1 is 1.44 bits per heavy atom. The molecule has 0 saturated heterocycles. The maximum Gasteiger partial charge on any atom is 0.338 e. The summed E-state index contributed by atoms with van der Waals surface area (Å²) in [4.78, 5) is 15.7. The monoisotopic (exact) mass is 217 g/mol. The number of aliphatic hydroxyl groups is 1. The van der Waals surface area contributed by atoms with Gasteiger partial charge >= 0.3 is 5.97 Å². The Labute approximate surface area is 92.5 Å². The average Bonchev–Trinajstić information content (AvgIpc) is 2.36. The zero-order valence-corrected chi connectivity index (χ0v) is 8.80. The van der Waals surface area contributed by atoms with E-state index in [4.69, 9.17) is 5.11 Å². The van der Waals surface area contributed by atoms with Gasteiger partial charge in [-0.05, 0) is 23.8 Å². The van der Waals surface area contributed by atoms with Crippen LogP contribution in [0.5, 0.6) is 0 Å². The minimum absolute atomic E-state index is 0.0640. The summed E-state index contributed by atoms with van der Waals surface area (Å²) in [5, 5.41) is 9.74. The third kappa shape index (κ3) is 1.75. The highest BCUT2D eigenvalue weighted by Gasteiger charge is 2.10. The minimum Gasteiger partial charge on any atom is -0.465 e. The van der Waals surface area contributed by atoms with Gasteiger partial charge in [0.15, 0.2) is 0 Å². The van der Waals surface area contributed by atoms with Gasteiger partial charge in [0.05, 0.1) is 24.8 Å². The molecule has 0 fully saturated rings. The lowest BCUT2D eigenvalue weighted by molar-refractivity contribution is 0.0603. The Hall–Kier alpha value is -1.94. The molecular formula is C12H11NO3. The fraction of sp³-hybridized carbons (Fsp3) is 0.167. The van der Waals surface area contributed by atoms with Crippen molar-refractivity contribution < 1.29 is 14.6 Å². The number of carbonyl (C=O) groups excluding carboxylic acids is 1. The van der Waals surface area contributed by atoms with Crippen LogP contribution in [0.2, 0.25) is 0 Å². The second kappa shape index (κ2) is 4.28. The van der Waals surface area contributed by atoms with Crippen LogP contribution < -0.4 is 0 Å². The van der Waals surface area contributed by atoms with Gasteiger partial charge in [0.25, 0.3) is 0 Å². The number of fused-ring (bicyclic) bond motifs is 1. The van der Waals surface area contributed by atoms with Gasteiger partial charge in [-0.3, -0.25) is 4.98 Å². The zero-order valence-electron chi connectivity index (χ0n) is 8.80. The van der Waals surface area contributed by atoms with Gasteiger partial charge in [-0.2, -0.15) is 0 Å². The summed E-state index contributed by atoms with van der Waals surface area (Å²) < 4.78 is 4.69. The van der Waals surface area contributed by atoms with Gasteiger partial charge in [0.1, 0.15) is 0 Å². The molecule has 82 valence electrons. The van der Waals surface area contributed by atoms with E-state index in [1.165, 1.54) is 7.11 Å². The quantitative estimate of drug-likeness (QED) is 0.775. The molecule has 0 bridgehead atoms. The second-order valence-electron chi connectivity index (χ2n) is 3.36. The smallest absolute Gasteiger partial charge is 0.338 e. The van der Waals surface area contributed by atoms with E-state index in [0.717, 1.165) is 5.56 Å². The molecule has 4 heteroatoms. The normalized spacial score (nSPS) is 10.4. The summed E-state index contributed by atoms with van der Waals surface area (Å²) in [6.07, 6.45) is 1.56. The minimum atomic E-state index is -0.400. The molecule has 1 aromatic heterocycles. The Bertz CT molecular complexity index is 537. The highest BCUT2D eigenvalue weighted by molar-refractivity contribution is 6.03. The first-order valence-corrected chi connectivity index (χ1v) is 4.83. The van der Waals surface area contributed by atoms with Crippen molar-refractivity contribution in [3.8, 4) is 0 Å². The molecule has 0 aliphatic heterocycles. The summed E-state index contributed by atoms with van der Waals surface area (Å²) in [5.41, 5.74) is 1.91. The summed E-state index contributed by atoms with van der Waals surface area (Å²) in [6.45, 7) is -0.0640. The lowest BCUT2D eigenvalue weighted by Crippen LogP contribution is -2.02. The number of nitrogens with zero attached hydrogens (tertiary/aromatic N) is 1. The van der Waals surface area contributed by atoms with E-state index in [0.29, 0.717) is 16.5 Å². The van der Waals surface area contributed by atoms with Crippen molar-refractivity contribution in [3.63, 3.8) is 0 Å². The molecule has 0 atom stereocenters. The highest BCUT2D eigenvalue weighted by atomic mass is 16.5. The van der Waals surface area contributed by atoms with Gasteiger partial charge in [-0.15, -0.1) is 0 Å². The number of aliphatic hydroxyl groups excluding tert-OH is 1. The fourth-order valence-electron chi connectivity index (χ4n) is 1.58. The van der Waals surface area contributed by atoms with Crippen LogP contribution in [-0.2, 0) is 11.3 Å². The molecule has 1 N–H and O–H groups in total. The topological polar surface area (TPSA) is 59.4 Å². The molecular weight excluding hydrogens is 206 g/mol. The first-order valence-electron chi connectivity index (χ1n) is 4.83. The largest absolute Gasteiger partial charge is 0.465 e. The molecule has 2 aromatic rings. The number of benzene rings is 1. The standard InChI is InChI=1S/C12H11NO3/c1-16-12(15)9-4-5-13-11-3-2-8(7-14)6-10(9)11/h2-6,14H,7H2,1H3. The molecule has 16 heavy (non-hydrogen) atoms. The molecule has 0 saturated carbocycles. The van der Waals surface area contributed by atoms with E-state index in [9.17, 15) is 4.79 Å². The number of methoxy groups -OCH3 is 1. The molecule has 0 amide bonds. The van der Waals surface area contributed by atoms with Crippen LogP contribution in [0.25, 0.3) is 10.9 Å². The van der Waals surface area contributed by atoms with Gasteiger partial charge in [-0.1, -0.05) is 6.07 Å². The van der Waals surface area contributed by atoms with Crippen molar-refractivity contribution >= 4 is 16.9 Å². The number of hydrogen-bond acceptors (Lipinski definition) is 4. The van der Waals surface area contributed by atoms with Gasteiger partial charge in [0, 0.05) is 11.6 Å². The van der Waals surface area contributed by atoms with Crippen molar-refractivity contribution in [1.29, 1.82) is 0 Å². The van der Waals surface area contributed by atoms with Crippen molar-refractivity contribution in [1.82, 2.24) is 4.98 Å². The van der Waals surface area contributed by atoms with Crippen LogP contribution in [0.1, 0.15) is 15.9 Å². The molecule has 0 spiro atoms. The lowest BCUT2D eigenvalue weighted by Gasteiger charge is -2.05. The van der Waals surface area contributed by atoms with Crippen molar-refractivity contribution in [2.75, 3.05) is 7.11 Å². The molecule has 0 unspecified atom stereocenters. The van der Waals surface area contributed by atoms with E-state index in [1.54, 1.807) is 30.5 Å². The van der Waals surface area contributed by atoms with Gasteiger partial charge < -0.3 is 9.84 Å². The SMILES string of the molecule is COC(=O)c1ccnc2ccc(CO)cc12. The fourth-order valence-corrected chi connectivity index (χ4v) is 1.58. The highest BCUT2D eigenvalue weighted by Crippen LogP contribution is 2.19. The lowest BCUT2D eigenvalue weighted by atomic mass is 10.1. The maximum absolute atomic E-state index is 11.5. The Balaban J connectivity index is 2.68. The summed E-state index contributed by atoms with van der Waals surface area (Å²) in [6, 6.07) is 6.90. The van der Waals surface area contributed by atoms with Crippen LogP contribution in [0, 0.1) is 0 Å². The molecule has 0 aliphatic rings. The Morgan fingerprint density at radius 3 is 2.94 bits per heavy atom. The first-order chi connectivity index (χ1) is 7.76. The number of ether oxygens (including phenoxy) is 1. The summed E-state index contributed by atoms with van der Waals surface area (Å²) in [5.74, 6) is -0.400. The Morgan fingerprint density at radius 2 is 2.25 bits per heavy atom.